The second-order valence-corrected chi connectivity index (χ2v) is 6.21. The van der Waals surface area contributed by atoms with Gasteiger partial charge in [0.05, 0.1) is 12.4 Å². The number of hydrogen-bond donors (Lipinski definition) is 2. The highest BCUT2D eigenvalue weighted by Gasteiger charge is 2.32. The van der Waals surface area contributed by atoms with Crippen LogP contribution in [-0.4, -0.2) is 26.8 Å². The summed E-state index contributed by atoms with van der Waals surface area (Å²) in [6, 6.07) is 7.98. The molecule has 0 amide bonds. The quantitative estimate of drug-likeness (QED) is 0.892. The van der Waals surface area contributed by atoms with Crippen molar-refractivity contribution in [2.75, 3.05) is 0 Å². The molecule has 0 saturated heterocycles. The Bertz CT molecular complexity index is 555. The topological polar surface area (TPSA) is 50.1 Å². The molecule has 0 bridgehead atoms. The summed E-state index contributed by atoms with van der Waals surface area (Å²) in [5.41, 5.74) is 1.18. The molecule has 4 nitrogen and oxygen atoms in total. The van der Waals surface area contributed by atoms with E-state index in [0.29, 0.717) is 5.92 Å². The monoisotopic (exact) mass is 305 g/mol. The van der Waals surface area contributed by atoms with Gasteiger partial charge in [0, 0.05) is 36.5 Å². The van der Waals surface area contributed by atoms with E-state index < -0.39 is 0 Å². The normalized spacial score (nSPS) is 25.3. The minimum Gasteiger partial charge on any atom is -0.391 e. The lowest BCUT2D eigenvalue weighted by molar-refractivity contribution is 0.145. The van der Waals surface area contributed by atoms with Crippen LogP contribution in [-0.2, 0) is 13.1 Å². The van der Waals surface area contributed by atoms with Crippen LogP contribution in [0.3, 0.4) is 0 Å². The van der Waals surface area contributed by atoms with E-state index in [4.69, 9.17) is 11.6 Å². The number of aromatic nitrogens is 2. The van der Waals surface area contributed by atoms with Gasteiger partial charge in [-0.25, -0.2) is 4.98 Å². The molecule has 21 heavy (non-hydrogen) atoms. The predicted molar refractivity (Wildman–Crippen MR) is 83.0 cm³/mol. The molecule has 1 unspecified atom stereocenters. The second kappa shape index (κ2) is 6.60. The van der Waals surface area contributed by atoms with Gasteiger partial charge in [-0.3, -0.25) is 0 Å². The van der Waals surface area contributed by atoms with Crippen molar-refractivity contribution in [3.8, 4) is 0 Å². The third-order valence-corrected chi connectivity index (χ3v) is 4.39. The molecule has 3 atom stereocenters. The first-order valence-electron chi connectivity index (χ1n) is 7.32. The first kappa shape index (κ1) is 14.6. The summed E-state index contributed by atoms with van der Waals surface area (Å²) >= 11 is 5.88. The maximum atomic E-state index is 10.2. The lowest BCUT2D eigenvalue weighted by atomic mass is 10.1. The fourth-order valence-electron chi connectivity index (χ4n) is 3.03. The molecule has 112 valence electrons. The molecule has 0 radical (unpaired) electrons. The number of nitrogens with one attached hydrogen (secondary N) is 1. The van der Waals surface area contributed by atoms with Crippen LogP contribution >= 0.6 is 11.6 Å². The minimum absolute atomic E-state index is 0.161. The lowest BCUT2D eigenvalue weighted by Crippen LogP contribution is -2.35. The molecule has 1 aromatic carbocycles. The van der Waals surface area contributed by atoms with Gasteiger partial charge in [0.2, 0.25) is 0 Å². The number of rotatable bonds is 5. The molecule has 1 saturated carbocycles. The molecule has 2 aromatic rings. The summed E-state index contributed by atoms with van der Waals surface area (Å²) in [4.78, 5) is 4.06. The Morgan fingerprint density at radius 1 is 1.29 bits per heavy atom. The SMILES string of the molecule is O[C@@H]1CC(Cn2ccnc2)C[C@H]1NCc1ccc(Cl)cc1. The van der Waals surface area contributed by atoms with Crippen LogP contribution in [0.5, 0.6) is 0 Å². The number of imidazole rings is 1. The Morgan fingerprint density at radius 2 is 2.10 bits per heavy atom. The minimum atomic E-state index is -0.272. The summed E-state index contributed by atoms with van der Waals surface area (Å²) in [6.07, 6.45) is 7.16. The zero-order valence-corrected chi connectivity index (χ0v) is 12.6. The van der Waals surface area contributed by atoms with E-state index in [1.165, 1.54) is 5.56 Å². The highest BCUT2D eigenvalue weighted by Crippen LogP contribution is 2.27. The van der Waals surface area contributed by atoms with Crippen molar-refractivity contribution in [1.29, 1.82) is 0 Å². The molecule has 2 N–H and O–H groups in total. The van der Waals surface area contributed by atoms with Gasteiger partial charge in [0.25, 0.3) is 0 Å². The van der Waals surface area contributed by atoms with E-state index in [0.717, 1.165) is 31.0 Å². The van der Waals surface area contributed by atoms with E-state index in [9.17, 15) is 5.11 Å². The molecular weight excluding hydrogens is 286 g/mol. The maximum Gasteiger partial charge on any atom is 0.0945 e. The molecular formula is C16H20ClN3O. The van der Waals surface area contributed by atoms with Crippen LogP contribution in [0.4, 0.5) is 0 Å². The molecule has 0 spiro atoms. The average molecular weight is 306 g/mol. The van der Waals surface area contributed by atoms with Crippen molar-refractivity contribution in [1.82, 2.24) is 14.9 Å². The number of aliphatic hydroxyl groups excluding tert-OH is 1. The Balaban J connectivity index is 1.50. The van der Waals surface area contributed by atoms with Crippen LogP contribution in [0.1, 0.15) is 18.4 Å². The number of aliphatic hydroxyl groups is 1. The highest BCUT2D eigenvalue weighted by atomic mass is 35.5. The van der Waals surface area contributed by atoms with E-state index in [2.05, 4.69) is 14.9 Å². The largest absolute Gasteiger partial charge is 0.391 e. The molecule has 0 aliphatic heterocycles. The number of hydrogen-bond acceptors (Lipinski definition) is 3. The highest BCUT2D eigenvalue weighted by molar-refractivity contribution is 6.30. The van der Waals surface area contributed by atoms with Crippen LogP contribution in [0, 0.1) is 5.92 Å². The van der Waals surface area contributed by atoms with Crippen molar-refractivity contribution in [3.63, 3.8) is 0 Å². The van der Waals surface area contributed by atoms with Gasteiger partial charge in [-0.2, -0.15) is 0 Å². The maximum absolute atomic E-state index is 10.2. The summed E-state index contributed by atoms with van der Waals surface area (Å²) < 4.78 is 2.08. The smallest absolute Gasteiger partial charge is 0.0945 e. The molecule has 1 aliphatic rings. The number of nitrogens with zero attached hydrogens (tertiary/aromatic N) is 2. The van der Waals surface area contributed by atoms with Crippen molar-refractivity contribution in [3.05, 3.63) is 53.6 Å². The van der Waals surface area contributed by atoms with Gasteiger partial charge in [-0.1, -0.05) is 23.7 Å². The first-order chi connectivity index (χ1) is 10.2. The van der Waals surface area contributed by atoms with Crippen molar-refractivity contribution < 1.29 is 5.11 Å². The molecule has 1 aliphatic carbocycles. The van der Waals surface area contributed by atoms with Gasteiger partial charge >= 0.3 is 0 Å². The summed E-state index contributed by atoms with van der Waals surface area (Å²) in [7, 11) is 0. The Kier molecular flexibility index (Phi) is 4.58. The average Bonchev–Trinajstić information content (AvgIpc) is 3.09. The van der Waals surface area contributed by atoms with Crippen LogP contribution < -0.4 is 5.32 Å². The van der Waals surface area contributed by atoms with Crippen LogP contribution in [0.15, 0.2) is 43.0 Å². The summed E-state index contributed by atoms with van der Waals surface area (Å²) in [5, 5.41) is 14.4. The third kappa shape index (κ3) is 3.84. The van der Waals surface area contributed by atoms with Crippen molar-refractivity contribution in [2.24, 2.45) is 5.92 Å². The van der Waals surface area contributed by atoms with Gasteiger partial charge in [-0.05, 0) is 36.5 Å². The fraction of sp³-hybridized carbons (Fsp3) is 0.438. The van der Waals surface area contributed by atoms with E-state index >= 15 is 0 Å². The molecule has 3 rings (SSSR count). The molecule has 5 heteroatoms. The summed E-state index contributed by atoms with van der Waals surface area (Å²) in [5.74, 6) is 0.497. The van der Waals surface area contributed by atoms with E-state index in [1.807, 2.05) is 36.8 Å². The number of benzene rings is 1. The molecule has 1 heterocycles. The fourth-order valence-corrected chi connectivity index (χ4v) is 3.16. The first-order valence-corrected chi connectivity index (χ1v) is 7.70. The van der Waals surface area contributed by atoms with Crippen LogP contribution in [0.25, 0.3) is 0 Å². The Morgan fingerprint density at radius 3 is 2.81 bits per heavy atom. The van der Waals surface area contributed by atoms with Gasteiger partial charge in [-0.15, -0.1) is 0 Å². The summed E-state index contributed by atoms with van der Waals surface area (Å²) in [6.45, 7) is 1.69. The lowest BCUT2D eigenvalue weighted by Gasteiger charge is -2.16. The third-order valence-electron chi connectivity index (χ3n) is 4.14. The van der Waals surface area contributed by atoms with E-state index in [-0.39, 0.29) is 12.1 Å². The standard InChI is InChI=1S/C16H20ClN3O/c17-14-3-1-12(2-4-14)9-19-15-7-13(8-16(15)21)10-20-6-5-18-11-20/h1-6,11,13,15-16,19,21H,7-10H2/t13?,15-,16-/m1/s1. The predicted octanol–water partition coefficient (Wildman–Crippen LogP) is 2.47. The Labute approximate surface area is 129 Å². The van der Waals surface area contributed by atoms with Crippen LogP contribution in [0.2, 0.25) is 5.02 Å². The van der Waals surface area contributed by atoms with Gasteiger partial charge in [0.1, 0.15) is 0 Å². The Hall–Kier alpha value is -1.36. The van der Waals surface area contributed by atoms with Crippen molar-refractivity contribution >= 4 is 11.6 Å². The zero-order valence-electron chi connectivity index (χ0n) is 11.8. The van der Waals surface area contributed by atoms with Gasteiger partial charge in [0.15, 0.2) is 0 Å². The number of halogens is 1. The van der Waals surface area contributed by atoms with Crippen molar-refractivity contribution in [2.45, 2.75) is 38.1 Å². The van der Waals surface area contributed by atoms with E-state index in [1.54, 1.807) is 6.20 Å². The van der Waals surface area contributed by atoms with Gasteiger partial charge < -0.3 is 15.0 Å². The molecule has 1 aromatic heterocycles. The zero-order chi connectivity index (χ0) is 14.7. The second-order valence-electron chi connectivity index (χ2n) is 5.78. The molecule has 1 fully saturated rings.